The van der Waals surface area contributed by atoms with Crippen LogP contribution in [0.1, 0.15) is 53.3 Å². The van der Waals surface area contributed by atoms with Crippen LogP contribution in [-0.4, -0.2) is 15.1 Å². The van der Waals surface area contributed by atoms with E-state index in [-0.39, 0.29) is 5.54 Å². The van der Waals surface area contributed by atoms with E-state index in [1.54, 1.807) is 0 Å². The molecule has 0 amide bonds. The third-order valence-electron chi connectivity index (χ3n) is 2.87. The number of imidazole rings is 1. The molecule has 1 atom stereocenters. The summed E-state index contributed by atoms with van der Waals surface area (Å²) in [6.45, 7) is 13.0. The molecule has 98 valence electrons. The standard InChI is InChI=1S/C14H27N3/c1-6-7-12(2)11-17-9-8-15-13(17)10-16-14(3,4)5/h8-9,12,16H,6-7,10-11H2,1-5H3. The first-order valence-electron chi connectivity index (χ1n) is 6.67. The van der Waals surface area contributed by atoms with Crippen molar-refractivity contribution in [3.8, 4) is 0 Å². The van der Waals surface area contributed by atoms with Crippen molar-refractivity contribution < 1.29 is 0 Å². The van der Waals surface area contributed by atoms with Gasteiger partial charge in [-0.1, -0.05) is 20.3 Å². The maximum atomic E-state index is 4.43. The van der Waals surface area contributed by atoms with Crippen molar-refractivity contribution in [2.45, 2.75) is 66.1 Å². The second-order valence-corrected chi connectivity index (χ2v) is 5.99. The molecule has 1 rings (SSSR count). The van der Waals surface area contributed by atoms with Gasteiger partial charge in [-0.3, -0.25) is 0 Å². The molecule has 17 heavy (non-hydrogen) atoms. The third kappa shape index (κ3) is 5.35. The highest BCUT2D eigenvalue weighted by Gasteiger charge is 2.12. The smallest absolute Gasteiger partial charge is 0.122 e. The van der Waals surface area contributed by atoms with Gasteiger partial charge in [0.1, 0.15) is 5.82 Å². The maximum absolute atomic E-state index is 4.43. The van der Waals surface area contributed by atoms with E-state index in [4.69, 9.17) is 0 Å². The number of aromatic nitrogens is 2. The van der Waals surface area contributed by atoms with Crippen molar-refractivity contribution in [1.29, 1.82) is 0 Å². The second kappa shape index (κ2) is 6.20. The molecule has 0 bridgehead atoms. The summed E-state index contributed by atoms with van der Waals surface area (Å²) >= 11 is 0. The highest BCUT2D eigenvalue weighted by molar-refractivity contribution is 4.93. The maximum Gasteiger partial charge on any atom is 0.122 e. The van der Waals surface area contributed by atoms with Crippen LogP contribution in [0.4, 0.5) is 0 Å². The fourth-order valence-electron chi connectivity index (χ4n) is 1.94. The molecule has 0 aliphatic rings. The van der Waals surface area contributed by atoms with E-state index < -0.39 is 0 Å². The molecular weight excluding hydrogens is 210 g/mol. The first kappa shape index (κ1) is 14.2. The van der Waals surface area contributed by atoms with Gasteiger partial charge < -0.3 is 9.88 Å². The molecule has 1 aromatic heterocycles. The summed E-state index contributed by atoms with van der Waals surface area (Å²) < 4.78 is 2.28. The predicted molar refractivity (Wildman–Crippen MR) is 72.9 cm³/mol. The number of nitrogens with zero attached hydrogens (tertiary/aromatic N) is 2. The van der Waals surface area contributed by atoms with Crippen molar-refractivity contribution in [2.24, 2.45) is 5.92 Å². The molecule has 0 radical (unpaired) electrons. The fourth-order valence-corrected chi connectivity index (χ4v) is 1.94. The lowest BCUT2D eigenvalue weighted by Crippen LogP contribution is -2.36. The average molecular weight is 237 g/mol. The van der Waals surface area contributed by atoms with Crippen molar-refractivity contribution in [2.75, 3.05) is 0 Å². The first-order chi connectivity index (χ1) is 7.92. The van der Waals surface area contributed by atoms with Crippen LogP contribution < -0.4 is 5.32 Å². The molecule has 1 N–H and O–H groups in total. The van der Waals surface area contributed by atoms with Crippen LogP contribution in [0.3, 0.4) is 0 Å². The summed E-state index contributed by atoms with van der Waals surface area (Å²) in [7, 11) is 0. The van der Waals surface area contributed by atoms with Gasteiger partial charge in [0.25, 0.3) is 0 Å². The van der Waals surface area contributed by atoms with Gasteiger partial charge in [-0.25, -0.2) is 4.98 Å². The molecule has 0 aromatic carbocycles. The Morgan fingerprint density at radius 2 is 2.12 bits per heavy atom. The van der Waals surface area contributed by atoms with Crippen LogP contribution in [0.15, 0.2) is 12.4 Å². The minimum Gasteiger partial charge on any atom is -0.334 e. The second-order valence-electron chi connectivity index (χ2n) is 5.99. The molecule has 3 nitrogen and oxygen atoms in total. The van der Waals surface area contributed by atoms with Gasteiger partial charge in [-0.15, -0.1) is 0 Å². The molecule has 0 aliphatic carbocycles. The van der Waals surface area contributed by atoms with Crippen molar-refractivity contribution in [3.63, 3.8) is 0 Å². The van der Waals surface area contributed by atoms with Crippen LogP contribution in [0.2, 0.25) is 0 Å². The van der Waals surface area contributed by atoms with E-state index >= 15 is 0 Å². The van der Waals surface area contributed by atoms with Crippen molar-refractivity contribution in [3.05, 3.63) is 18.2 Å². The van der Waals surface area contributed by atoms with Crippen LogP contribution in [0.5, 0.6) is 0 Å². The summed E-state index contributed by atoms with van der Waals surface area (Å²) in [5, 5.41) is 3.49. The minimum absolute atomic E-state index is 0.145. The Morgan fingerprint density at radius 3 is 2.71 bits per heavy atom. The highest BCUT2D eigenvalue weighted by atomic mass is 15.1. The Morgan fingerprint density at radius 1 is 1.41 bits per heavy atom. The van der Waals surface area contributed by atoms with E-state index in [0.29, 0.717) is 0 Å². The zero-order valence-electron chi connectivity index (χ0n) is 12.0. The molecular formula is C14H27N3. The number of hydrogen-bond acceptors (Lipinski definition) is 2. The molecule has 0 saturated carbocycles. The minimum atomic E-state index is 0.145. The summed E-state index contributed by atoms with van der Waals surface area (Å²) in [5.74, 6) is 1.87. The molecule has 0 spiro atoms. The number of rotatable bonds is 6. The normalized spacial score (nSPS) is 13.9. The Hall–Kier alpha value is -0.830. The highest BCUT2D eigenvalue weighted by Crippen LogP contribution is 2.10. The Kier molecular flexibility index (Phi) is 5.19. The molecule has 1 aromatic rings. The summed E-state index contributed by atoms with van der Waals surface area (Å²) in [5.41, 5.74) is 0.145. The Bertz CT molecular complexity index is 322. The van der Waals surface area contributed by atoms with Gasteiger partial charge in [0, 0.05) is 24.5 Å². The van der Waals surface area contributed by atoms with Gasteiger partial charge >= 0.3 is 0 Å². The van der Waals surface area contributed by atoms with E-state index in [1.165, 1.54) is 12.8 Å². The zero-order chi connectivity index (χ0) is 12.9. The van der Waals surface area contributed by atoms with Crippen LogP contribution in [-0.2, 0) is 13.1 Å². The summed E-state index contributed by atoms with van der Waals surface area (Å²) in [6.07, 6.45) is 6.53. The quantitative estimate of drug-likeness (QED) is 0.823. The lowest BCUT2D eigenvalue weighted by atomic mass is 10.1. The first-order valence-corrected chi connectivity index (χ1v) is 6.67. The lowest BCUT2D eigenvalue weighted by Gasteiger charge is -2.21. The van der Waals surface area contributed by atoms with Gasteiger partial charge in [0.05, 0.1) is 6.54 Å². The SMILES string of the molecule is CCCC(C)Cn1ccnc1CNC(C)(C)C. The van der Waals surface area contributed by atoms with Gasteiger partial charge in [0.15, 0.2) is 0 Å². The van der Waals surface area contributed by atoms with Crippen molar-refractivity contribution >= 4 is 0 Å². The van der Waals surface area contributed by atoms with Gasteiger partial charge in [-0.05, 0) is 33.1 Å². The number of nitrogens with one attached hydrogen (secondary N) is 1. The Balaban J connectivity index is 2.54. The molecule has 1 heterocycles. The summed E-state index contributed by atoms with van der Waals surface area (Å²) in [4.78, 5) is 4.43. The van der Waals surface area contributed by atoms with E-state index in [9.17, 15) is 0 Å². The summed E-state index contributed by atoms with van der Waals surface area (Å²) in [6, 6.07) is 0. The van der Waals surface area contributed by atoms with E-state index in [2.05, 4.69) is 55.7 Å². The van der Waals surface area contributed by atoms with Crippen molar-refractivity contribution in [1.82, 2.24) is 14.9 Å². The third-order valence-corrected chi connectivity index (χ3v) is 2.87. The topological polar surface area (TPSA) is 29.9 Å². The van der Waals surface area contributed by atoms with Gasteiger partial charge in [-0.2, -0.15) is 0 Å². The number of hydrogen-bond donors (Lipinski definition) is 1. The average Bonchev–Trinajstić information content (AvgIpc) is 2.61. The van der Waals surface area contributed by atoms with E-state index in [0.717, 1.165) is 24.8 Å². The van der Waals surface area contributed by atoms with Crippen LogP contribution >= 0.6 is 0 Å². The zero-order valence-corrected chi connectivity index (χ0v) is 12.0. The van der Waals surface area contributed by atoms with Crippen LogP contribution in [0, 0.1) is 5.92 Å². The molecule has 0 fully saturated rings. The van der Waals surface area contributed by atoms with Gasteiger partial charge in [0.2, 0.25) is 0 Å². The molecule has 0 aliphatic heterocycles. The van der Waals surface area contributed by atoms with Crippen LogP contribution in [0.25, 0.3) is 0 Å². The molecule has 1 unspecified atom stereocenters. The largest absolute Gasteiger partial charge is 0.334 e. The fraction of sp³-hybridized carbons (Fsp3) is 0.786. The predicted octanol–water partition coefficient (Wildman–Crippen LogP) is 3.21. The Labute approximate surface area is 106 Å². The molecule has 0 saturated heterocycles. The lowest BCUT2D eigenvalue weighted by molar-refractivity contribution is 0.395. The van der Waals surface area contributed by atoms with E-state index in [1.807, 2.05) is 6.20 Å². The molecule has 3 heteroatoms. The monoisotopic (exact) mass is 237 g/mol.